The molecule has 0 bridgehead atoms. The van der Waals surface area contributed by atoms with Crippen LogP contribution in [0.4, 0.5) is 0 Å². The lowest BCUT2D eigenvalue weighted by molar-refractivity contribution is 0.0614. The molecule has 0 spiro atoms. The van der Waals surface area contributed by atoms with E-state index < -0.39 is 0 Å². The van der Waals surface area contributed by atoms with Crippen molar-refractivity contribution in [2.24, 2.45) is 5.92 Å². The fourth-order valence-corrected chi connectivity index (χ4v) is 3.89. The molecule has 1 aliphatic heterocycles. The van der Waals surface area contributed by atoms with Crippen molar-refractivity contribution in [2.45, 2.75) is 41.9 Å². The van der Waals surface area contributed by atoms with E-state index in [4.69, 9.17) is 0 Å². The van der Waals surface area contributed by atoms with Gasteiger partial charge in [-0.05, 0) is 36.8 Å². The molecule has 1 nitrogen and oxygen atoms in total. The summed E-state index contributed by atoms with van der Waals surface area (Å²) < 4.78 is 0. The van der Waals surface area contributed by atoms with Crippen molar-refractivity contribution in [1.82, 2.24) is 0 Å². The van der Waals surface area contributed by atoms with E-state index in [-0.39, 0.29) is 6.10 Å². The molecule has 1 N–H and O–H groups in total. The molecule has 2 heteroatoms. The van der Waals surface area contributed by atoms with Gasteiger partial charge in [0.25, 0.3) is 0 Å². The molecule has 2 atom stereocenters. The van der Waals surface area contributed by atoms with Crippen molar-refractivity contribution < 1.29 is 5.11 Å². The number of rotatable bonds is 2. The molecule has 0 saturated heterocycles. The minimum Gasteiger partial charge on any atom is -0.392 e. The van der Waals surface area contributed by atoms with Crippen LogP contribution in [0.25, 0.3) is 0 Å². The Morgan fingerprint density at radius 1 is 1.27 bits per heavy atom. The summed E-state index contributed by atoms with van der Waals surface area (Å²) in [6.45, 7) is 0. The van der Waals surface area contributed by atoms with E-state index in [0.717, 1.165) is 6.42 Å². The second-order valence-corrected chi connectivity index (χ2v) is 5.93. The summed E-state index contributed by atoms with van der Waals surface area (Å²) >= 11 is 1.87. The Balaban J connectivity index is 1.72. The van der Waals surface area contributed by atoms with Crippen LogP contribution in [0, 0.1) is 5.92 Å². The molecule has 1 saturated carbocycles. The molecular weight excluding hydrogens is 204 g/mol. The van der Waals surface area contributed by atoms with Crippen LogP contribution in [-0.2, 0) is 6.42 Å². The highest BCUT2D eigenvalue weighted by Crippen LogP contribution is 2.43. The van der Waals surface area contributed by atoms with Gasteiger partial charge in [-0.2, -0.15) is 0 Å². The zero-order valence-corrected chi connectivity index (χ0v) is 9.54. The van der Waals surface area contributed by atoms with Crippen molar-refractivity contribution in [2.75, 3.05) is 0 Å². The number of aliphatic hydroxyl groups excluding tert-OH is 1. The highest BCUT2D eigenvalue weighted by Gasteiger charge is 2.35. The number of hydrogen-bond acceptors (Lipinski definition) is 2. The number of hydrogen-bond donors (Lipinski definition) is 1. The molecule has 3 rings (SSSR count). The fraction of sp³-hybridized carbons (Fsp3) is 0.538. The quantitative estimate of drug-likeness (QED) is 0.827. The second kappa shape index (κ2) is 3.84. The summed E-state index contributed by atoms with van der Waals surface area (Å²) in [7, 11) is 0. The van der Waals surface area contributed by atoms with Crippen LogP contribution in [-0.4, -0.2) is 16.5 Å². The van der Waals surface area contributed by atoms with Crippen molar-refractivity contribution >= 4 is 11.8 Å². The second-order valence-electron chi connectivity index (χ2n) is 4.65. The molecule has 1 aliphatic carbocycles. The lowest BCUT2D eigenvalue weighted by Gasteiger charge is -2.33. The Morgan fingerprint density at radius 3 is 2.73 bits per heavy atom. The first-order valence-electron chi connectivity index (χ1n) is 5.77. The van der Waals surface area contributed by atoms with Crippen molar-refractivity contribution in [3.63, 3.8) is 0 Å². The zero-order chi connectivity index (χ0) is 10.3. The van der Waals surface area contributed by atoms with E-state index in [1.54, 1.807) is 0 Å². The lowest BCUT2D eigenvalue weighted by atomic mass is 9.79. The molecular formula is C13H16OS. The molecule has 1 heterocycles. The fourth-order valence-electron chi connectivity index (χ4n) is 2.48. The van der Waals surface area contributed by atoms with E-state index in [9.17, 15) is 5.11 Å². The van der Waals surface area contributed by atoms with Crippen LogP contribution in [0.1, 0.15) is 24.8 Å². The van der Waals surface area contributed by atoms with Gasteiger partial charge >= 0.3 is 0 Å². The Bertz CT molecular complexity index is 334. The average Bonchev–Trinajstić information content (AvgIpc) is 2.58. The van der Waals surface area contributed by atoms with Crippen LogP contribution in [0.5, 0.6) is 0 Å². The Hall–Kier alpha value is -0.470. The van der Waals surface area contributed by atoms with Gasteiger partial charge < -0.3 is 5.11 Å². The van der Waals surface area contributed by atoms with E-state index in [0.29, 0.717) is 11.2 Å². The normalized spacial score (nSPS) is 27.1. The molecule has 2 aliphatic rings. The van der Waals surface area contributed by atoms with Gasteiger partial charge in [-0.1, -0.05) is 24.6 Å². The van der Waals surface area contributed by atoms with Crippen LogP contribution in [0.15, 0.2) is 29.2 Å². The van der Waals surface area contributed by atoms with Crippen LogP contribution >= 0.6 is 11.8 Å². The number of fused-ring (bicyclic) bond motifs is 1. The van der Waals surface area contributed by atoms with Crippen LogP contribution in [0.3, 0.4) is 0 Å². The first-order chi connectivity index (χ1) is 7.34. The lowest BCUT2D eigenvalue weighted by Crippen LogP contribution is -2.35. The SMILES string of the molecule is OC(C1CCC1)C1Cc2ccccc2S1. The highest BCUT2D eigenvalue weighted by atomic mass is 32.2. The predicted octanol–water partition coefficient (Wildman–Crippen LogP) is 2.86. The minimum atomic E-state index is -0.0869. The van der Waals surface area contributed by atoms with Gasteiger partial charge in [0.1, 0.15) is 0 Å². The van der Waals surface area contributed by atoms with Gasteiger partial charge in [-0.25, -0.2) is 0 Å². The number of benzene rings is 1. The summed E-state index contributed by atoms with van der Waals surface area (Å²) in [5.74, 6) is 0.580. The maximum absolute atomic E-state index is 10.2. The highest BCUT2D eigenvalue weighted by molar-refractivity contribution is 8.00. The first-order valence-corrected chi connectivity index (χ1v) is 6.65. The zero-order valence-electron chi connectivity index (χ0n) is 8.73. The topological polar surface area (TPSA) is 20.2 Å². The third kappa shape index (κ3) is 1.70. The average molecular weight is 220 g/mol. The molecule has 80 valence electrons. The maximum atomic E-state index is 10.2. The molecule has 0 amide bonds. The molecule has 1 fully saturated rings. The summed E-state index contributed by atoms with van der Waals surface area (Å²) in [6, 6.07) is 8.55. The predicted molar refractivity (Wildman–Crippen MR) is 63.1 cm³/mol. The largest absolute Gasteiger partial charge is 0.392 e. The van der Waals surface area contributed by atoms with E-state index in [1.807, 2.05) is 11.8 Å². The third-order valence-corrected chi connectivity index (χ3v) is 5.09. The van der Waals surface area contributed by atoms with Gasteiger partial charge in [0.2, 0.25) is 0 Å². The molecule has 2 unspecified atom stereocenters. The van der Waals surface area contributed by atoms with E-state index >= 15 is 0 Å². The van der Waals surface area contributed by atoms with E-state index in [1.165, 1.54) is 29.7 Å². The molecule has 0 radical (unpaired) electrons. The van der Waals surface area contributed by atoms with Crippen molar-refractivity contribution in [1.29, 1.82) is 0 Å². The number of aliphatic hydroxyl groups is 1. The van der Waals surface area contributed by atoms with Gasteiger partial charge in [-0.3, -0.25) is 0 Å². The summed E-state index contributed by atoms with van der Waals surface area (Å²) in [6.07, 6.45) is 4.74. The molecule has 0 aromatic heterocycles. The molecule has 1 aromatic rings. The van der Waals surface area contributed by atoms with Crippen LogP contribution in [0.2, 0.25) is 0 Å². The van der Waals surface area contributed by atoms with Gasteiger partial charge in [0, 0.05) is 10.1 Å². The summed E-state index contributed by atoms with van der Waals surface area (Å²) in [5, 5.41) is 10.6. The maximum Gasteiger partial charge on any atom is 0.0693 e. The van der Waals surface area contributed by atoms with Crippen molar-refractivity contribution in [3.8, 4) is 0 Å². The summed E-state index contributed by atoms with van der Waals surface area (Å²) in [5.41, 5.74) is 1.42. The first kappa shape index (κ1) is 9.73. The molecule has 15 heavy (non-hydrogen) atoms. The summed E-state index contributed by atoms with van der Waals surface area (Å²) in [4.78, 5) is 1.38. The standard InChI is InChI=1S/C13H16OS/c14-13(9-5-3-6-9)12-8-10-4-1-2-7-11(10)15-12/h1-2,4,7,9,12-14H,3,5-6,8H2. The van der Waals surface area contributed by atoms with Crippen molar-refractivity contribution in [3.05, 3.63) is 29.8 Å². The van der Waals surface area contributed by atoms with Crippen LogP contribution < -0.4 is 0 Å². The Labute approximate surface area is 94.9 Å². The van der Waals surface area contributed by atoms with Gasteiger partial charge in [-0.15, -0.1) is 11.8 Å². The third-order valence-electron chi connectivity index (χ3n) is 3.69. The minimum absolute atomic E-state index is 0.0869. The Kier molecular flexibility index (Phi) is 2.49. The Morgan fingerprint density at radius 2 is 2.07 bits per heavy atom. The number of thioether (sulfide) groups is 1. The monoisotopic (exact) mass is 220 g/mol. The van der Waals surface area contributed by atoms with Gasteiger partial charge in [0.05, 0.1) is 6.10 Å². The van der Waals surface area contributed by atoms with Gasteiger partial charge in [0.15, 0.2) is 0 Å². The smallest absolute Gasteiger partial charge is 0.0693 e. The molecule has 1 aromatic carbocycles. The van der Waals surface area contributed by atoms with E-state index in [2.05, 4.69) is 24.3 Å².